The first kappa shape index (κ1) is 17.0. The molecule has 7 nitrogen and oxygen atoms in total. The zero-order chi connectivity index (χ0) is 18.6. The number of nitrogens with zero attached hydrogens (tertiary/aromatic N) is 4. The number of pyridine rings is 1. The number of amides is 1. The van der Waals surface area contributed by atoms with Gasteiger partial charge in [-0.3, -0.25) is 14.2 Å². The molecule has 3 heterocycles. The maximum Gasteiger partial charge on any atom is 0.261 e. The number of hydrogen-bond donors (Lipinski definition) is 1. The van der Waals surface area contributed by atoms with E-state index in [1.165, 1.54) is 10.9 Å². The van der Waals surface area contributed by atoms with Crippen molar-refractivity contribution in [3.63, 3.8) is 0 Å². The van der Waals surface area contributed by atoms with Crippen molar-refractivity contribution in [2.75, 3.05) is 6.54 Å². The SMILES string of the molecule is O=C(CCn1cnc2ccccc2c1=O)NCCc1cn2ccccc2n1. The zero-order valence-corrected chi connectivity index (χ0v) is 14.7. The van der Waals surface area contributed by atoms with E-state index in [9.17, 15) is 9.59 Å². The Hall–Kier alpha value is -3.48. The first-order valence-electron chi connectivity index (χ1n) is 8.84. The number of carbonyl (C=O) groups excluding carboxylic acids is 1. The van der Waals surface area contributed by atoms with Crippen LogP contribution in [0.4, 0.5) is 0 Å². The van der Waals surface area contributed by atoms with E-state index in [1.54, 1.807) is 12.1 Å². The highest BCUT2D eigenvalue weighted by molar-refractivity contribution is 5.77. The predicted octanol–water partition coefficient (Wildman–Crippen LogP) is 1.79. The van der Waals surface area contributed by atoms with Crippen LogP contribution in [0.25, 0.3) is 16.6 Å². The molecule has 4 rings (SSSR count). The molecule has 0 bridgehead atoms. The summed E-state index contributed by atoms with van der Waals surface area (Å²) in [5.41, 5.74) is 2.35. The third-order valence-electron chi connectivity index (χ3n) is 4.43. The van der Waals surface area contributed by atoms with Crippen molar-refractivity contribution in [3.05, 3.63) is 77.2 Å². The molecule has 0 saturated carbocycles. The number of fused-ring (bicyclic) bond motifs is 2. The van der Waals surface area contributed by atoms with Crippen LogP contribution in [0.2, 0.25) is 0 Å². The van der Waals surface area contributed by atoms with E-state index in [2.05, 4.69) is 15.3 Å². The molecule has 3 aromatic heterocycles. The van der Waals surface area contributed by atoms with Crippen LogP contribution in [0.5, 0.6) is 0 Å². The van der Waals surface area contributed by atoms with Crippen molar-refractivity contribution >= 4 is 22.5 Å². The van der Waals surface area contributed by atoms with Gasteiger partial charge in [0, 0.05) is 38.3 Å². The number of benzene rings is 1. The molecule has 136 valence electrons. The lowest BCUT2D eigenvalue weighted by atomic mass is 10.2. The highest BCUT2D eigenvalue weighted by Gasteiger charge is 2.07. The molecule has 7 heteroatoms. The van der Waals surface area contributed by atoms with Crippen LogP contribution in [0.3, 0.4) is 0 Å². The fourth-order valence-corrected chi connectivity index (χ4v) is 3.01. The molecule has 4 aromatic rings. The van der Waals surface area contributed by atoms with Gasteiger partial charge in [0.2, 0.25) is 5.91 Å². The summed E-state index contributed by atoms with van der Waals surface area (Å²) in [6.45, 7) is 0.810. The third kappa shape index (κ3) is 3.72. The van der Waals surface area contributed by atoms with Gasteiger partial charge in [-0.05, 0) is 24.3 Å². The lowest BCUT2D eigenvalue weighted by Crippen LogP contribution is -2.29. The normalized spacial score (nSPS) is 11.1. The second kappa shape index (κ2) is 7.41. The van der Waals surface area contributed by atoms with Gasteiger partial charge in [-0.1, -0.05) is 18.2 Å². The lowest BCUT2D eigenvalue weighted by Gasteiger charge is -2.07. The van der Waals surface area contributed by atoms with Crippen LogP contribution in [0.15, 0.2) is 66.0 Å². The van der Waals surface area contributed by atoms with Gasteiger partial charge in [0.25, 0.3) is 5.56 Å². The number of aryl methyl sites for hydroxylation is 1. The second-order valence-corrected chi connectivity index (χ2v) is 6.31. The summed E-state index contributed by atoms with van der Waals surface area (Å²) < 4.78 is 3.43. The van der Waals surface area contributed by atoms with E-state index >= 15 is 0 Å². The Morgan fingerprint density at radius 2 is 1.96 bits per heavy atom. The summed E-state index contributed by atoms with van der Waals surface area (Å²) in [4.78, 5) is 33.3. The van der Waals surface area contributed by atoms with Gasteiger partial charge in [-0.15, -0.1) is 0 Å². The average Bonchev–Trinajstić information content (AvgIpc) is 3.10. The fourth-order valence-electron chi connectivity index (χ4n) is 3.01. The van der Waals surface area contributed by atoms with Gasteiger partial charge in [-0.25, -0.2) is 9.97 Å². The predicted molar refractivity (Wildman–Crippen MR) is 103 cm³/mol. The monoisotopic (exact) mass is 361 g/mol. The van der Waals surface area contributed by atoms with Crippen molar-refractivity contribution in [1.29, 1.82) is 0 Å². The molecule has 1 amide bonds. The highest BCUT2D eigenvalue weighted by Crippen LogP contribution is 2.06. The highest BCUT2D eigenvalue weighted by atomic mass is 16.1. The number of nitrogens with one attached hydrogen (secondary N) is 1. The first-order valence-corrected chi connectivity index (χ1v) is 8.84. The Morgan fingerprint density at radius 1 is 1.11 bits per heavy atom. The van der Waals surface area contributed by atoms with Crippen LogP contribution in [-0.4, -0.2) is 31.4 Å². The lowest BCUT2D eigenvalue weighted by molar-refractivity contribution is -0.121. The average molecular weight is 361 g/mol. The third-order valence-corrected chi connectivity index (χ3v) is 4.43. The van der Waals surface area contributed by atoms with Crippen LogP contribution >= 0.6 is 0 Å². The Bertz CT molecular complexity index is 1130. The minimum absolute atomic E-state index is 0.0983. The summed E-state index contributed by atoms with van der Waals surface area (Å²) >= 11 is 0. The zero-order valence-electron chi connectivity index (χ0n) is 14.7. The van der Waals surface area contributed by atoms with E-state index in [-0.39, 0.29) is 17.9 Å². The smallest absolute Gasteiger partial charge is 0.261 e. The molecule has 0 radical (unpaired) electrons. The maximum absolute atomic E-state index is 12.4. The molecule has 0 fully saturated rings. The van der Waals surface area contributed by atoms with E-state index in [0.717, 1.165) is 11.3 Å². The van der Waals surface area contributed by atoms with Gasteiger partial charge >= 0.3 is 0 Å². The Labute approximate surface area is 155 Å². The maximum atomic E-state index is 12.4. The van der Waals surface area contributed by atoms with E-state index < -0.39 is 0 Å². The molecule has 0 aliphatic rings. The van der Waals surface area contributed by atoms with Gasteiger partial charge in [0.15, 0.2) is 0 Å². The van der Waals surface area contributed by atoms with Crippen molar-refractivity contribution in [3.8, 4) is 0 Å². The van der Waals surface area contributed by atoms with Crippen LogP contribution in [-0.2, 0) is 17.8 Å². The minimum Gasteiger partial charge on any atom is -0.356 e. The Balaban J connectivity index is 1.31. The number of rotatable bonds is 6. The number of carbonyl (C=O) groups is 1. The second-order valence-electron chi connectivity index (χ2n) is 6.31. The summed E-state index contributed by atoms with van der Waals surface area (Å²) in [5, 5.41) is 3.44. The summed E-state index contributed by atoms with van der Waals surface area (Å²) in [6, 6.07) is 13.0. The minimum atomic E-state index is -0.127. The topological polar surface area (TPSA) is 81.3 Å². The number of aromatic nitrogens is 4. The molecule has 1 aromatic carbocycles. The van der Waals surface area contributed by atoms with Crippen LogP contribution in [0, 0.1) is 0 Å². The Morgan fingerprint density at radius 3 is 2.85 bits per heavy atom. The first-order chi connectivity index (χ1) is 13.2. The largest absolute Gasteiger partial charge is 0.356 e. The van der Waals surface area contributed by atoms with E-state index in [4.69, 9.17) is 0 Å². The molecule has 0 aliphatic heterocycles. The summed E-state index contributed by atoms with van der Waals surface area (Å²) in [5.74, 6) is -0.0983. The van der Waals surface area contributed by atoms with Crippen molar-refractivity contribution < 1.29 is 4.79 Å². The van der Waals surface area contributed by atoms with Crippen molar-refractivity contribution in [2.24, 2.45) is 0 Å². The van der Waals surface area contributed by atoms with Gasteiger partial charge in [0.05, 0.1) is 22.9 Å². The standard InChI is InChI=1S/C20H19N5O2/c26-19(21-10-8-15-13-24-11-4-3-7-18(24)23-15)9-12-25-14-22-17-6-2-1-5-16(17)20(25)27/h1-7,11,13-14H,8-10,12H2,(H,21,26). The fraction of sp³-hybridized carbons (Fsp3) is 0.200. The molecule has 1 N–H and O–H groups in total. The number of para-hydroxylation sites is 1. The van der Waals surface area contributed by atoms with Crippen LogP contribution in [0.1, 0.15) is 12.1 Å². The molecule has 0 saturated heterocycles. The molecule has 0 unspecified atom stereocenters. The van der Waals surface area contributed by atoms with E-state index in [1.807, 2.05) is 47.1 Å². The van der Waals surface area contributed by atoms with E-state index in [0.29, 0.717) is 30.4 Å². The Kier molecular flexibility index (Phi) is 4.65. The molecular formula is C20H19N5O2. The molecule has 0 atom stereocenters. The quantitative estimate of drug-likeness (QED) is 0.568. The number of imidazole rings is 1. The van der Waals surface area contributed by atoms with Crippen LogP contribution < -0.4 is 10.9 Å². The molecular weight excluding hydrogens is 342 g/mol. The molecule has 27 heavy (non-hydrogen) atoms. The summed E-state index contributed by atoms with van der Waals surface area (Å²) in [7, 11) is 0. The summed E-state index contributed by atoms with van der Waals surface area (Å²) in [6.07, 6.45) is 6.28. The molecule has 0 aliphatic carbocycles. The van der Waals surface area contributed by atoms with Crippen molar-refractivity contribution in [2.45, 2.75) is 19.4 Å². The molecule has 0 spiro atoms. The van der Waals surface area contributed by atoms with Crippen molar-refractivity contribution in [1.82, 2.24) is 24.3 Å². The van der Waals surface area contributed by atoms with Gasteiger partial charge in [-0.2, -0.15) is 0 Å². The number of hydrogen-bond acceptors (Lipinski definition) is 4. The van der Waals surface area contributed by atoms with Gasteiger partial charge < -0.3 is 9.72 Å². The van der Waals surface area contributed by atoms with Gasteiger partial charge in [0.1, 0.15) is 5.65 Å².